The molecule has 0 aromatic heterocycles. The molecule has 0 aliphatic carbocycles. The Morgan fingerprint density at radius 2 is 0.509 bits per heavy atom. The molecule has 14 heteroatoms. The van der Waals surface area contributed by atoms with Crippen molar-refractivity contribution in [2.75, 3.05) is 72.7 Å². The molecule has 0 spiro atoms. The lowest BCUT2D eigenvalue weighted by atomic mass is 10.3. The van der Waals surface area contributed by atoms with Crippen LogP contribution in [0.2, 0.25) is 0 Å². The van der Waals surface area contributed by atoms with E-state index in [4.69, 9.17) is 56.8 Å². The number of hydrogen-bond acceptors (Lipinski definition) is 14. The van der Waals surface area contributed by atoms with Crippen LogP contribution in [0, 0.1) is 0 Å². The van der Waals surface area contributed by atoms with E-state index in [1.807, 2.05) is 69.2 Å². The quantitative estimate of drug-likeness (QED) is 0.0575. The minimum absolute atomic E-state index is 0.113. The SMILES string of the molecule is C=C(C)C(=O)OCC(C)OCC(C)OCC(C)OCC(C)OCC(C)OCC(C)OCC(C)OCC(C)OCC(C)OCC(C)OCC(C)OC(=O)C(=C)C. The second-order valence-corrected chi connectivity index (χ2v) is 14.8. The van der Waals surface area contributed by atoms with Gasteiger partial charge >= 0.3 is 11.9 Å². The molecule has 55 heavy (non-hydrogen) atoms. The molecule has 0 aliphatic rings. The van der Waals surface area contributed by atoms with Crippen LogP contribution in [0.4, 0.5) is 0 Å². The molecule has 0 heterocycles. The summed E-state index contributed by atoms with van der Waals surface area (Å²) < 4.78 is 68.9. The van der Waals surface area contributed by atoms with Crippen LogP contribution in [0.15, 0.2) is 24.3 Å². The van der Waals surface area contributed by atoms with Crippen molar-refractivity contribution in [2.24, 2.45) is 0 Å². The summed E-state index contributed by atoms with van der Waals surface area (Å²) in [5, 5.41) is 0. The van der Waals surface area contributed by atoms with E-state index in [0.717, 1.165) is 0 Å². The summed E-state index contributed by atoms with van der Waals surface area (Å²) in [6.07, 6.45) is -1.75. The lowest BCUT2D eigenvalue weighted by molar-refractivity contribution is -0.148. The molecule has 11 atom stereocenters. The molecule has 11 unspecified atom stereocenters. The number of carbonyl (C=O) groups excluding carboxylic acids is 2. The van der Waals surface area contributed by atoms with E-state index in [1.165, 1.54) is 0 Å². The van der Waals surface area contributed by atoms with Crippen LogP contribution in [0.5, 0.6) is 0 Å². The standard InChI is InChI=1S/C41H76O14/c1-27(2)40(42)54-25-38(14)52-23-36(12)50-21-34(10)48-19-32(8)46-17-30(6)44-16-29(5)45-18-31(7)47-20-33(9)49-22-35(11)51-24-37(13)53-26-39(15)55-41(43)28(3)4/h29-39H,1,3,16-26H2,2,4-15H3. The maximum absolute atomic E-state index is 11.6. The average Bonchev–Trinajstić information content (AvgIpc) is 3.14. The number of hydrogen-bond donors (Lipinski definition) is 0. The fourth-order valence-electron chi connectivity index (χ4n) is 4.11. The van der Waals surface area contributed by atoms with Gasteiger partial charge in [0.15, 0.2) is 0 Å². The summed E-state index contributed by atoms with van der Waals surface area (Å²) in [4.78, 5) is 23.1. The van der Waals surface area contributed by atoms with E-state index in [-0.39, 0.29) is 80.4 Å². The molecule has 14 nitrogen and oxygen atoms in total. The minimum atomic E-state index is -0.425. The van der Waals surface area contributed by atoms with E-state index in [1.54, 1.807) is 20.8 Å². The highest BCUT2D eigenvalue weighted by Gasteiger charge is 2.17. The molecule has 0 bridgehead atoms. The third kappa shape index (κ3) is 30.8. The molecule has 0 aliphatic heterocycles. The minimum Gasteiger partial charge on any atom is -0.460 e. The maximum Gasteiger partial charge on any atom is 0.333 e. The second-order valence-electron chi connectivity index (χ2n) is 14.8. The Hall–Kier alpha value is -1.98. The molecule has 0 aromatic rings. The van der Waals surface area contributed by atoms with Crippen molar-refractivity contribution >= 4 is 11.9 Å². The van der Waals surface area contributed by atoms with Crippen LogP contribution in [-0.4, -0.2) is 152 Å². The van der Waals surface area contributed by atoms with Crippen molar-refractivity contribution in [3.63, 3.8) is 0 Å². The molecule has 0 radical (unpaired) electrons. The molecular weight excluding hydrogens is 716 g/mol. The third-order valence-corrected chi connectivity index (χ3v) is 7.61. The van der Waals surface area contributed by atoms with Crippen LogP contribution in [0.3, 0.4) is 0 Å². The lowest BCUT2D eigenvalue weighted by Gasteiger charge is -2.23. The van der Waals surface area contributed by atoms with Crippen molar-refractivity contribution in [3.05, 3.63) is 24.3 Å². The maximum atomic E-state index is 11.6. The molecule has 0 N–H and O–H groups in total. The average molecular weight is 793 g/mol. The van der Waals surface area contributed by atoms with Crippen LogP contribution < -0.4 is 0 Å². The highest BCUT2D eigenvalue weighted by Crippen LogP contribution is 2.08. The number of rotatable bonds is 35. The molecular formula is C41H76O14. The van der Waals surface area contributed by atoms with Crippen LogP contribution in [0.1, 0.15) is 90.0 Å². The largest absolute Gasteiger partial charge is 0.460 e. The van der Waals surface area contributed by atoms with Gasteiger partial charge in [-0.15, -0.1) is 0 Å². The monoisotopic (exact) mass is 793 g/mol. The van der Waals surface area contributed by atoms with Gasteiger partial charge in [0.1, 0.15) is 12.7 Å². The summed E-state index contributed by atoms with van der Waals surface area (Å²) in [6, 6.07) is 0. The predicted octanol–water partition coefficient (Wildman–Crippen LogP) is 5.66. The van der Waals surface area contributed by atoms with Crippen LogP contribution in [-0.2, 0) is 66.4 Å². The van der Waals surface area contributed by atoms with Gasteiger partial charge in [-0.2, -0.15) is 0 Å². The Morgan fingerprint density at radius 1 is 0.327 bits per heavy atom. The first kappa shape index (κ1) is 53.0. The van der Waals surface area contributed by atoms with Gasteiger partial charge in [-0.25, -0.2) is 9.59 Å². The summed E-state index contributed by atoms with van der Waals surface area (Å²) >= 11 is 0. The van der Waals surface area contributed by atoms with Gasteiger partial charge in [-0.3, -0.25) is 0 Å². The summed E-state index contributed by atoms with van der Waals surface area (Å²) in [6.45, 7) is 35.7. The molecule has 0 saturated heterocycles. The zero-order valence-corrected chi connectivity index (χ0v) is 36.3. The van der Waals surface area contributed by atoms with Crippen molar-refractivity contribution in [2.45, 2.75) is 157 Å². The first-order chi connectivity index (χ1) is 25.8. The van der Waals surface area contributed by atoms with E-state index in [2.05, 4.69) is 13.2 Å². The Morgan fingerprint density at radius 3 is 0.709 bits per heavy atom. The first-order valence-corrected chi connectivity index (χ1v) is 19.6. The molecule has 0 rings (SSSR count). The van der Waals surface area contributed by atoms with Gasteiger partial charge in [0.05, 0.1) is 127 Å². The van der Waals surface area contributed by atoms with Gasteiger partial charge < -0.3 is 56.8 Å². The normalized spacial score (nSPS) is 17.8. The summed E-state index contributed by atoms with van der Waals surface area (Å²) in [5.41, 5.74) is 0.716. The van der Waals surface area contributed by atoms with Crippen molar-refractivity contribution in [1.82, 2.24) is 0 Å². The fraction of sp³-hybridized carbons (Fsp3) is 0.854. The van der Waals surface area contributed by atoms with Crippen molar-refractivity contribution in [3.8, 4) is 0 Å². The van der Waals surface area contributed by atoms with Crippen molar-refractivity contribution < 1.29 is 66.4 Å². The molecule has 0 saturated carbocycles. The Labute approximate surface area is 332 Å². The second kappa shape index (κ2) is 31.1. The van der Waals surface area contributed by atoms with E-state index in [0.29, 0.717) is 70.6 Å². The number of ether oxygens (including phenoxy) is 12. The molecule has 324 valence electrons. The van der Waals surface area contributed by atoms with Gasteiger partial charge in [-0.1, -0.05) is 13.2 Å². The van der Waals surface area contributed by atoms with E-state index >= 15 is 0 Å². The lowest BCUT2D eigenvalue weighted by Crippen LogP contribution is -2.31. The highest BCUT2D eigenvalue weighted by molar-refractivity contribution is 5.87. The van der Waals surface area contributed by atoms with E-state index in [9.17, 15) is 9.59 Å². The third-order valence-electron chi connectivity index (χ3n) is 7.61. The van der Waals surface area contributed by atoms with Crippen LogP contribution >= 0.6 is 0 Å². The highest BCUT2D eigenvalue weighted by atomic mass is 16.6. The number of esters is 2. The van der Waals surface area contributed by atoms with Gasteiger partial charge in [0, 0.05) is 11.1 Å². The number of carbonyl (C=O) groups is 2. The Kier molecular flexibility index (Phi) is 29.9. The van der Waals surface area contributed by atoms with E-state index < -0.39 is 11.9 Å². The summed E-state index contributed by atoms with van der Waals surface area (Å²) in [7, 11) is 0. The predicted molar refractivity (Wildman–Crippen MR) is 210 cm³/mol. The van der Waals surface area contributed by atoms with Gasteiger partial charge in [0.25, 0.3) is 0 Å². The molecule has 0 fully saturated rings. The zero-order valence-electron chi connectivity index (χ0n) is 36.3. The van der Waals surface area contributed by atoms with Gasteiger partial charge in [0.2, 0.25) is 0 Å². The Balaban J connectivity index is 3.99. The topological polar surface area (TPSA) is 145 Å². The summed E-state index contributed by atoms with van der Waals surface area (Å²) in [5.74, 6) is -0.850. The molecule has 0 aromatic carbocycles. The van der Waals surface area contributed by atoms with Crippen LogP contribution in [0.25, 0.3) is 0 Å². The fourth-order valence-corrected chi connectivity index (χ4v) is 4.11. The molecule has 0 amide bonds. The first-order valence-electron chi connectivity index (χ1n) is 19.6. The smallest absolute Gasteiger partial charge is 0.333 e. The van der Waals surface area contributed by atoms with Crippen molar-refractivity contribution in [1.29, 1.82) is 0 Å². The van der Waals surface area contributed by atoms with Gasteiger partial charge in [-0.05, 0) is 90.0 Å². The Bertz CT molecular complexity index is 1040. The zero-order chi connectivity index (χ0) is 41.9.